The van der Waals surface area contributed by atoms with Gasteiger partial charge in [0.05, 0.1) is 17.2 Å². The molecule has 0 bridgehead atoms. The van der Waals surface area contributed by atoms with Crippen LogP contribution >= 0.6 is 23.1 Å². The zero-order chi connectivity index (χ0) is 15.0. The number of carbonyl (C=O) groups excluding carboxylic acids is 1. The summed E-state index contributed by atoms with van der Waals surface area (Å²) >= 11 is 3.13. The summed E-state index contributed by atoms with van der Waals surface area (Å²) < 4.78 is 5.12. The molecule has 1 saturated carbocycles. The fourth-order valence-corrected chi connectivity index (χ4v) is 5.66. The maximum absolute atomic E-state index is 12.0. The van der Waals surface area contributed by atoms with Crippen molar-refractivity contribution in [1.29, 1.82) is 0 Å². The summed E-state index contributed by atoms with van der Waals surface area (Å²) in [5.41, 5.74) is 6.79. The number of ether oxygens (including phenoxy) is 1. The van der Waals surface area contributed by atoms with Gasteiger partial charge in [0, 0.05) is 13.1 Å². The Kier molecular flexibility index (Phi) is 4.36. The van der Waals surface area contributed by atoms with E-state index in [1.807, 2.05) is 13.2 Å². The third-order valence-corrected chi connectivity index (χ3v) is 6.76. The van der Waals surface area contributed by atoms with E-state index in [1.165, 1.54) is 30.6 Å². The molecular formula is C15H22N2O2S2. The molecule has 0 amide bonds. The predicted molar refractivity (Wildman–Crippen MR) is 89.5 cm³/mol. The van der Waals surface area contributed by atoms with Gasteiger partial charge < -0.3 is 15.4 Å². The van der Waals surface area contributed by atoms with Crippen LogP contribution in [0, 0.1) is 11.8 Å². The zero-order valence-electron chi connectivity index (χ0n) is 12.6. The van der Waals surface area contributed by atoms with E-state index in [0.717, 1.165) is 34.8 Å². The summed E-state index contributed by atoms with van der Waals surface area (Å²) in [7, 11) is 0. The van der Waals surface area contributed by atoms with Crippen molar-refractivity contribution >= 4 is 39.8 Å². The number of nitrogens with two attached hydrogens (primary N) is 1. The van der Waals surface area contributed by atoms with Crippen molar-refractivity contribution in [2.24, 2.45) is 11.8 Å². The van der Waals surface area contributed by atoms with Crippen LogP contribution in [0.15, 0.2) is 4.90 Å². The molecule has 1 aromatic rings. The predicted octanol–water partition coefficient (Wildman–Crippen LogP) is 3.47. The molecule has 116 valence electrons. The van der Waals surface area contributed by atoms with E-state index in [-0.39, 0.29) is 5.97 Å². The number of thioether (sulfide) groups is 1. The smallest absolute Gasteiger partial charge is 0.350 e. The second kappa shape index (κ2) is 6.08. The van der Waals surface area contributed by atoms with Crippen LogP contribution in [0.2, 0.25) is 0 Å². The first-order valence-corrected chi connectivity index (χ1v) is 9.58. The highest BCUT2D eigenvalue weighted by molar-refractivity contribution is 7.99. The molecule has 1 aliphatic carbocycles. The summed E-state index contributed by atoms with van der Waals surface area (Å²) in [5, 5.41) is 1.16. The molecule has 2 heterocycles. The molecule has 0 radical (unpaired) electrons. The summed E-state index contributed by atoms with van der Waals surface area (Å²) in [6.45, 7) is 4.43. The quantitative estimate of drug-likeness (QED) is 0.678. The lowest BCUT2D eigenvalue weighted by molar-refractivity contribution is 0.0533. The largest absolute Gasteiger partial charge is 0.462 e. The van der Waals surface area contributed by atoms with E-state index >= 15 is 0 Å². The van der Waals surface area contributed by atoms with Crippen molar-refractivity contribution in [3.05, 3.63) is 4.88 Å². The number of rotatable bonds is 4. The van der Waals surface area contributed by atoms with Crippen molar-refractivity contribution in [3.63, 3.8) is 0 Å². The first kappa shape index (κ1) is 15.0. The summed E-state index contributed by atoms with van der Waals surface area (Å²) in [6, 6.07) is 0. The van der Waals surface area contributed by atoms with Crippen LogP contribution in [0.25, 0.3) is 0 Å². The van der Waals surface area contributed by atoms with Gasteiger partial charge in [0.1, 0.15) is 9.88 Å². The minimum absolute atomic E-state index is 0.291. The average molecular weight is 326 g/mol. The van der Waals surface area contributed by atoms with Crippen molar-refractivity contribution in [3.8, 4) is 0 Å². The molecule has 0 aromatic carbocycles. The van der Waals surface area contributed by atoms with E-state index in [4.69, 9.17) is 10.5 Å². The molecule has 2 atom stereocenters. The van der Waals surface area contributed by atoms with E-state index < -0.39 is 0 Å². The normalized spacial score (nSPS) is 24.4. The number of anilines is 2. The van der Waals surface area contributed by atoms with Crippen LogP contribution in [-0.4, -0.2) is 31.9 Å². The zero-order valence-corrected chi connectivity index (χ0v) is 14.2. The maximum Gasteiger partial charge on any atom is 0.350 e. The molecule has 1 saturated heterocycles. The van der Waals surface area contributed by atoms with Gasteiger partial charge in [-0.1, -0.05) is 6.42 Å². The molecule has 1 aromatic heterocycles. The van der Waals surface area contributed by atoms with Gasteiger partial charge in [-0.15, -0.1) is 23.1 Å². The third-order valence-electron chi connectivity index (χ3n) is 4.56. The Balaban J connectivity index is 1.88. The Bertz CT molecular complexity index is 532. The van der Waals surface area contributed by atoms with Gasteiger partial charge in [-0.05, 0) is 37.9 Å². The first-order valence-electron chi connectivity index (χ1n) is 7.54. The van der Waals surface area contributed by atoms with Crippen molar-refractivity contribution in [2.45, 2.75) is 31.1 Å². The molecule has 4 nitrogen and oxygen atoms in total. The highest BCUT2D eigenvalue weighted by atomic mass is 32.2. The fraction of sp³-hybridized carbons (Fsp3) is 0.667. The number of thiophene rings is 1. The van der Waals surface area contributed by atoms with Gasteiger partial charge in [0.2, 0.25) is 0 Å². The Morgan fingerprint density at radius 1 is 1.43 bits per heavy atom. The van der Waals surface area contributed by atoms with Gasteiger partial charge in [-0.2, -0.15) is 0 Å². The van der Waals surface area contributed by atoms with Crippen molar-refractivity contribution < 1.29 is 9.53 Å². The maximum atomic E-state index is 12.0. The number of fused-ring (bicyclic) bond motifs is 1. The molecule has 1 aliphatic heterocycles. The molecule has 0 spiro atoms. The molecule has 2 N–H and O–H groups in total. The van der Waals surface area contributed by atoms with Crippen LogP contribution in [0.4, 0.5) is 10.7 Å². The molecular weight excluding hydrogens is 304 g/mol. The van der Waals surface area contributed by atoms with Gasteiger partial charge in [0.15, 0.2) is 0 Å². The number of hydrogen-bond acceptors (Lipinski definition) is 6. The fourth-order valence-electron chi connectivity index (χ4n) is 3.57. The van der Waals surface area contributed by atoms with Gasteiger partial charge in [0.25, 0.3) is 0 Å². The Morgan fingerprint density at radius 3 is 2.67 bits per heavy atom. The minimum atomic E-state index is -0.291. The highest BCUT2D eigenvalue weighted by Gasteiger charge is 2.38. The molecule has 6 heteroatoms. The molecule has 2 aliphatic rings. The topological polar surface area (TPSA) is 55.6 Å². The second-order valence-corrected chi connectivity index (χ2v) is 7.58. The molecule has 2 fully saturated rings. The molecule has 21 heavy (non-hydrogen) atoms. The number of esters is 1. The Labute approximate surface area is 134 Å². The lowest BCUT2D eigenvalue weighted by Crippen LogP contribution is -2.20. The average Bonchev–Trinajstić information content (AvgIpc) is 3.10. The monoisotopic (exact) mass is 326 g/mol. The van der Waals surface area contributed by atoms with Crippen LogP contribution in [0.3, 0.4) is 0 Å². The first-order chi connectivity index (χ1) is 10.2. The minimum Gasteiger partial charge on any atom is -0.462 e. The number of hydrogen-bond donors (Lipinski definition) is 1. The van der Waals surface area contributed by atoms with Gasteiger partial charge in [-0.25, -0.2) is 4.79 Å². The Hall–Kier alpha value is -0.880. The van der Waals surface area contributed by atoms with Crippen LogP contribution < -0.4 is 10.6 Å². The van der Waals surface area contributed by atoms with Crippen LogP contribution in [0.1, 0.15) is 35.9 Å². The number of nitrogens with zero attached hydrogens (tertiary/aromatic N) is 1. The standard InChI is InChI=1S/C15H22N2O2S2/c1-3-19-15(18)13-11(16)12(20-2)14(21-13)17-7-9-5-4-6-10(9)8-17/h9-10H,3-8,16H2,1-2H3. The van der Waals surface area contributed by atoms with Gasteiger partial charge >= 0.3 is 5.97 Å². The lowest BCUT2D eigenvalue weighted by Gasteiger charge is -2.18. The highest BCUT2D eigenvalue weighted by Crippen LogP contribution is 2.48. The van der Waals surface area contributed by atoms with E-state index in [1.54, 1.807) is 11.8 Å². The summed E-state index contributed by atoms with van der Waals surface area (Å²) in [6.07, 6.45) is 6.09. The SMILES string of the molecule is CCOC(=O)c1sc(N2CC3CCCC3C2)c(SC)c1N. The second-order valence-electron chi connectivity index (χ2n) is 5.76. The van der Waals surface area contributed by atoms with Crippen molar-refractivity contribution in [1.82, 2.24) is 0 Å². The van der Waals surface area contributed by atoms with Crippen LogP contribution in [0.5, 0.6) is 0 Å². The third kappa shape index (κ3) is 2.63. The number of carbonyl (C=O) groups is 1. The summed E-state index contributed by atoms with van der Waals surface area (Å²) in [4.78, 5) is 16.1. The summed E-state index contributed by atoms with van der Waals surface area (Å²) in [5.74, 6) is 1.36. The van der Waals surface area contributed by atoms with E-state index in [0.29, 0.717) is 17.2 Å². The van der Waals surface area contributed by atoms with Gasteiger partial charge in [-0.3, -0.25) is 0 Å². The van der Waals surface area contributed by atoms with Crippen LogP contribution in [-0.2, 0) is 4.74 Å². The van der Waals surface area contributed by atoms with E-state index in [2.05, 4.69) is 4.90 Å². The van der Waals surface area contributed by atoms with E-state index in [9.17, 15) is 4.79 Å². The Morgan fingerprint density at radius 2 is 2.10 bits per heavy atom. The number of nitrogen functional groups attached to an aromatic ring is 1. The lowest BCUT2D eigenvalue weighted by atomic mass is 10.0. The molecule has 3 rings (SSSR count). The van der Waals surface area contributed by atoms with Crippen molar-refractivity contribution in [2.75, 3.05) is 36.6 Å². The molecule has 2 unspecified atom stereocenters.